The SMILES string of the molecule is CCN1CCN(C(=O)[C@H]2O[C@@H](OC(C)=O)[C@H](OC(C)=O)[C@@H](OC(C)=O)[C@@H]2OC(C)=O)CC1. The van der Waals surface area contributed by atoms with Crippen molar-refractivity contribution in [3.05, 3.63) is 0 Å². The van der Waals surface area contributed by atoms with E-state index in [4.69, 9.17) is 23.7 Å². The lowest BCUT2D eigenvalue weighted by atomic mass is 9.96. The molecule has 2 fully saturated rings. The van der Waals surface area contributed by atoms with E-state index >= 15 is 0 Å². The van der Waals surface area contributed by atoms with E-state index in [9.17, 15) is 24.0 Å². The van der Waals surface area contributed by atoms with Gasteiger partial charge in [0.2, 0.25) is 12.4 Å². The Labute approximate surface area is 186 Å². The van der Waals surface area contributed by atoms with Gasteiger partial charge in [-0.3, -0.25) is 24.0 Å². The number of likely N-dealkylation sites (N-methyl/N-ethyl adjacent to an activating group) is 1. The molecule has 12 heteroatoms. The van der Waals surface area contributed by atoms with Crippen molar-refractivity contribution in [1.82, 2.24) is 9.80 Å². The van der Waals surface area contributed by atoms with E-state index in [1.807, 2.05) is 6.92 Å². The summed E-state index contributed by atoms with van der Waals surface area (Å²) < 4.78 is 26.6. The van der Waals surface area contributed by atoms with Gasteiger partial charge in [-0.2, -0.15) is 0 Å². The first-order valence-electron chi connectivity index (χ1n) is 10.4. The summed E-state index contributed by atoms with van der Waals surface area (Å²) in [6.45, 7) is 9.37. The third kappa shape index (κ3) is 6.63. The van der Waals surface area contributed by atoms with Gasteiger partial charge in [0.25, 0.3) is 5.91 Å². The number of carbonyl (C=O) groups excluding carboxylic acids is 5. The van der Waals surface area contributed by atoms with Gasteiger partial charge in [-0.25, -0.2) is 0 Å². The number of esters is 4. The van der Waals surface area contributed by atoms with Crippen LogP contribution in [0.25, 0.3) is 0 Å². The van der Waals surface area contributed by atoms with Gasteiger partial charge in [0.15, 0.2) is 18.3 Å². The first kappa shape index (κ1) is 25.5. The summed E-state index contributed by atoms with van der Waals surface area (Å²) in [7, 11) is 0. The molecule has 5 atom stereocenters. The lowest BCUT2D eigenvalue weighted by molar-refractivity contribution is -0.292. The topological polar surface area (TPSA) is 138 Å². The molecule has 2 aliphatic heterocycles. The van der Waals surface area contributed by atoms with E-state index in [0.717, 1.165) is 34.2 Å². The van der Waals surface area contributed by atoms with Crippen molar-refractivity contribution in [1.29, 1.82) is 0 Å². The van der Waals surface area contributed by atoms with Gasteiger partial charge in [-0.05, 0) is 6.54 Å². The van der Waals surface area contributed by atoms with E-state index in [2.05, 4.69) is 4.90 Å². The van der Waals surface area contributed by atoms with Crippen molar-refractivity contribution in [2.45, 2.75) is 65.3 Å². The average molecular weight is 458 g/mol. The van der Waals surface area contributed by atoms with E-state index in [1.54, 1.807) is 0 Å². The molecule has 2 heterocycles. The van der Waals surface area contributed by atoms with Crippen molar-refractivity contribution in [3.63, 3.8) is 0 Å². The monoisotopic (exact) mass is 458 g/mol. The number of ether oxygens (including phenoxy) is 5. The number of hydrogen-bond acceptors (Lipinski definition) is 11. The maximum absolute atomic E-state index is 13.3. The van der Waals surface area contributed by atoms with Crippen molar-refractivity contribution in [2.75, 3.05) is 32.7 Å². The molecular weight excluding hydrogens is 428 g/mol. The predicted molar refractivity (Wildman–Crippen MR) is 106 cm³/mol. The summed E-state index contributed by atoms with van der Waals surface area (Å²) in [4.78, 5) is 64.0. The summed E-state index contributed by atoms with van der Waals surface area (Å²) >= 11 is 0. The number of piperazine rings is 1. The number of rotatable bonds is 6. The van der Waals surface area contributed by atoms with Gasteiger partial charge in [0.05, 0.1) is 0 Å². The summed E-state index contributed by atoms with van der Waals surface area (Å²) in [6, 6.07) is 0. The fourth-order valence-corrected chi connectivity index (χ4v) is 3.70. The molecule has 0 aromatic heterocycles. The van der Waals surface area contributed by atoms with Crippen molar-refractivity contribution in [3.8, 4) is 0 Å². The molecule has 0 aromatic carbocycles. The Morgan fingerprint density at radius 1 is 0.719 bits per heavy atom. The minimum Gasteiger partial charge on any atom is -0.455 e. The van der Waals surface area contributed by atoms with Crippen LogP contribution in [0.3, 0.4) is 0 Å². The maximum atomic E-state index is 13.3. The first-order chi connectivity index (χ1) is 15.0. The molecule has 2 aliphatic rings. The number of amides is 1. The highest BCUT2D eigenvalue weighted by Crippen LogP contribution is 2.31. The molecule has 12 nitrogen and oxygen atoms in total. The van der Waals surface area contributed by atoms with Gasteiger partial charge in [-0.1, -0.05) is 6.92 Å². The molecule has 32 heavy (non-hydrogen) atoms. The third-order valence-electron chi connectivity index (χ3n) is 5.06. The minimum atomic E-state index is -1.56. The van der Waals surface area contributed by atoms with Crippen molar-refractivity contribution >= 4 is 29.8 Å². The van der Waals surface area contributed by atoms with E-state index < -0.39 is 60.5 Å². The van der Waals surface area contributed by atoms with Crippen LogP contribution in [-0.2, 0) is 47.7 Å². The second-order valence-electron chi connectivity index (χ2n) is 7.52. The van der Waals surface area contributed by atoms with E-state index in [-0.39, 0.29) is 0 Å². The number of hydrogen-bond donors (Lipinski definition) is 0. The quantitative estimate of drug-likeness (QED) is 0.366. The molecule has 0 spiro atoms. The average Bonchev–Trinajstić information content (AvgIpc) is 2.70. The van der Waals surface area contributed by atoms with E-state index in [1.165, 1.54) is 4.90 Å². The Balaban J connectivity index is 2.41. The number of nitrogens with zero attached hydrogens (tertiary/aromatic N) is 2. The van der Waals surface area contributed by atoms with Crippen LogP contribution in [0, 0.1) is 0 Å². The Bertz CT molecular complexity index is 734. The zero-order valence-electron chi connectivity index (χ0n) is 18.9. The molecule has 180 valence electrons. The fraction of sp³-hybridized carbons (Fsp3) is 0.750. The minimum absolute atomic E-state index is 0.406. The van der Waals surface area contributed by atoms with Gasteiger partial charge >= 0.3 is 23.9 Å². The molecule has 2 rings (SSSR count). The molecule has 0 aliphatic carbocycles. The normalized spacial score (nSPS) is 28.4. The molecule has 0 bridgehead atoms. The van der Waals surface area contributed by atoms with Crippen molar-refractivity contribution in [2.24, 2.45) is 0 Å². The molecule has 0 unspecified atom stereocenters. The van der Waals surface area contributed by atoms with Crippen LogP contribution in [0.15, 0.2) is 0 Å². The largest absolute Gasteiger partial charge is 0.455 e. The molecule has 0 aromatic rings. The van der Waals surface area contributed by atoms with Crippen LogP contribution in [0.1, 0.15) is 34.6 Å². The van der Waals surface area contributed by atoms with Crippen LogP contribution in [0.4, 0.5) is 0 Å². The van der Waals surface area contributed by atoms with Crippen LogP contribution in [0.2, 0.25) is 0 Å². The standard InChI is InChI=1S/C20H30N2O10/c1-6-21-7-9-22(10-8-21)19(27)17-15(28-11(2)23)16(29-12(3)24)18(30-13(4)25)20(32-17)31-14(5)26/h15-18,20H,6-10H2,1-5H3/t15-,16-,17-,18+,20+/m0/s1. The van der Waals surface area contributed by atoms with Crippen LogP contribution < -0.4 is 0 Å². The summed E-state index contributed by atoms with van der Waals surface area (Å²) in [5, 5.41) is 0. The summed E-state index contributed by atoms with van der Waals surface area (Å²) in [6.07, 6.45) is -7.33. The third-order valence-corrected chi connectivity index (χ3v) is 5.06. The van der Waals surface area contributed by atoms with E-state index in [0.29, 0.717) is 26.2 Å². The zero-order chi connectivity index (χ0) is 24.0. The lowest BCUT2D eigenvalue weighted by Gasteiger charge is -2.45. The molecule has 0 saturated carbocycles. The summed E-state index contributed by atoms with van der Waals surface area (Å²) in [5.74, 6) is -3.63. The molecule has 0 radical (unpaired) electrons. The second-order valence-corrected chi connectivity index (χ2v) is 7.52. The zero-order valence-corrected chi connectivity index (χ0v) is 18.9. The predicted octanol–water partition coefficient (Wildman–Crippen LogP) is -0.766. The molecule has 0 N–H and O–H groups in total. The first-order valence-corrected chi connectivity index (χ1v) is 10.4. The van der Waals surface area contributed by atoms with Gasteiger partial charge in [-0.15, -0.1) is 0 Å². The van der Waals surface area contributed by atoms with Crippen LogP contribution >= 0.6 is 0 Å². The highest BCUT2D eigenvalue weighted by molar-refractivity contribution is 5.83. The highest BCUT2D eigenvalue weighted by atomic mass is 16.7. The van der Waals surface area contributed by atoms with Crippen LogP contribution in [-0.4, -0.2) is 103 Å². The Morgan fingerprint density at radius 2 is 1.19 bits per heavy atom. The van der Waals surface area contributed by atoms with Crippen molar-refractivity contribution < 1.29 is 47.7 Å². The van der Waals surface area contributed by atoms with Gasteiger partial charge < -0.3 is 33.5 Å². The van der Waals surface area contributed by atoms with Crippen LogP contribution in [0.5, 0.6) is 0 Å². The Kier molecular flexibility index (Phi) is 8.96. The van der Waals surface area contributed by atoms with Gasteiger partial charge in [0, 0.05) is 53.9 Å². The Morgan fingerprint density at radius 3 is 1.66 bits per heavy atom. The summed E-state index contributed by atoms with van der Waals surface area (Å²) in [5.41, 5.74) is 0. The maximum Gasteiger partial charge on any atom is 0.305 e. The van der Waals surface area contributed by atoms with Gasteiger partial charge in [0.1, 0.15) is 0 Å². The lowest BCUT2D eigenvalue weighted by Crippen LogP contribution is -2.66. The Hall–Kier alpha value is -2.73. The molecule has 1 amide bonds. The molecule has 2 saturated heterocycles. The fourth-order valence-electron chi connectivity index (χ4n) is 3.70. The number of carbonyl (C=O) groups is 5. The second kappa shape index (κ2) is 11.2. The molecular formula is C20H30N2O10. The smallest absolute Gasteiger partial charge is 0.305 e. The highest BCUT2D eigenvalue weighted by Gasteiger charge is 2.56.